The Labute approximate surface area is 129 Å². The Morgan fingerprint density at radius 3 is 2.20 bits per heavy atom. The summed E-state index contributed by atoms with van der Waals surface area (Å²) in [7, 11) is 1.28. The van der Waals surface area contributed by atoms with Gasteiger partial charge in [-0.3, -0.25) is 9.59 Å². The van der Waals surface area contributed by atoms with Crippen molar-refractivity contribution in [1.29, 1.82) is 0 Å². The molecule has 1 atom stereocenters. The number of hydrogen-bond donors (Lipinski definition) is 1. The summed E-state index contributed by atoms with van der Waals surface area (Å²) < 4.78 is 15.6. The topological polar surface area (TPSA) is 73.9 Å². The van der Waals surface area contributed by atoms with E-state index < -0.39 is 16.9 Å². The van der Waals surface area contributed by atoms with Gasteiger partial charge in [-0.05, 0) is 32.6 Å². The molecule has 0 aromatic rings. The molecule has 118 valence electrons. The number of carbonyl (C=O) groups is 2. The molecule has 0 aliphatic carbocycles. The van der Waals surface area contributed by atoms with Crippen LogP contribution in [0.5, 0.6) is 0 Å². The lowest BCUT2D eigenvalue weighted by atomic mass is 10.3. The molecule has 0 rings (SSSR count). The van der Waals surface area contributed by atoms with Gasteiger partial charge in [0.1, 0.15) is 5.25 Å². The summed E-state index contributed by atoms with van der Waals surface area (Å²) in [6, 6.07) is 0. The number of methoxy groups -OCH3 is 1. The van der Waals surface area contributed by atoms with Crippen molar-refractivity contribution in [3.8, 4) is 0 Å². The second kappa shape index (κ2) is 10.6. The normalized spacial score (nSPS) is 12.8. The summed E-state index contributed by atoms with van der Waals surface area (Å²) in [4.78, 5) is 23.4. The fraction of sp³-hybridized carbons (Fsp3) is 0.818. The highest BCUT2D eigenvalue weighted by molar-refractivity contribution is 8.68. The minimum Gasteiger partial charge on any atom is -0.469 e. The summed E-state index contributed by atoms with van der Waals surface area (Å²) in [5.74, 6) is -0.736. The van der Waals surface area contributed by atoms with Crippen LogP contribution in [0.25, 0.3) is 0 Å². The van der Waals surface area contributed by atoms with Crippen LogP contribution >= 0.6 is 17.1 Å². The van der Waals surface area contributed by atoms with Gasteiger partial charge in [0.05, 0.1) is 26.7 Å². The van der Waals surface area contributed by atoms with Gasteiger partial charge in [-0.25, -0.2) is 0 Å². The predicted octanol–water partition coefficient (Wildman–Crippen LogP) is 2.08. The van der Waals surface area contributed by atoms with Crippen molar-refractivity contribution in [2.24, 2.45) is 0 Å². The third-order valence-corrected chi connectivity index (χ3v) is 7.67. The summed E-state index contributed by atoms with van der Waals surface area (Å²) in [6.45, 7) is 6.68. The molecule has 0 bridgehead atoms. The zero-order valence-electron chi connectivity index (χ0n) is 12.2. The van der Waals surface area contributed by atoms with E-state index in [1.54, 1.807) is 6.92 Å². The van der Waals surface area contributed by atoms with Gasteiger partial charge in [-0.1, -0.05) is 11.4 Å². The van der Waals surface area contributed by atoms with Gasteiger partial charge in [0.2, 0.25) is 11.6 Å². The maximum absolute atomic E-state index is 12.0. The van der Waals surface area contributed by atoms with E-state index in [-0.39, 0.29) is 12.3 Å². The van der Waals surface area contributed by atoms with Crippen LogP contribution in [0.4, 0.5) is 0 Å². The van der Waals surface area contributed by atoms with Crippen LogP contribution in [0.3, 0.4) is 0 Å². The smallest absolute Gasteiger partial charge is 0.307 e. The van der Waals surface area contributed by atoms with Crippen molar-refractivity contribution in [3.63, 3.8) is 0 Å². The fourth-order valence-corrected chi connectivity index (χ4v) is 6.81. The van der Waals surface area contributed by atoms with Gasteiger partial charge in [0.15, 0.2) is 0 Å². The van der Waals surface area contributed by atoms with Crippen LogP contribution in [0.15, 0.2) is 0 Å². The van der Waals surface area contributed by atoms with Crippen molar-refractivity contribution in [2.45, 2.75) is 32.4 Å². The minimum absolute atomic E-state index is 0.0639. The second-order valence-electron chi connectivity index (χ2n) is 3.55. The molecule has 0 aliphatic rings. The molecular formula is C11H22NO5PS2. The van der Waals surface area contributed by atoms with E-state index in [0.29, 0.717) is 19.8 Å². The molecule has 0 spiro atoms. The molecule has 20 heavy (non-hydrogen) atoms. The van der Waals surface area contributed by atoms with Gasteiger partial charge >= 0.3 is 5.97 Å². The lowest BCUT2D eigenvalue weighted by Gasteiger charge is -2.24. The number of hydrogen-bond acceptors (Lipinski definition) is 7. The Kier molecular flexibility index (Phi) is 10.5. The average Bonchev–Trinajstić information content (AvgIpc) is 2.38. The van der Waals surface area contributed by atoms with E-state index in [2.05, 4.69) is 10.1 Å². The van der Waals surface area contributed by atoms with Crippen LogP contribution in [0, 0.1) is 0 Å². The zero-order valence-corrected chi connectivity index (χ0v) is 14.7. The van der Waals surface area contributed by atoms with Gasteiger partial charge in [0.25, 0.3) is 0 Å². The molecule has 0 saturated carbocycles. The lowest BCUT2D eigenvalue weighted by Crippen LogP contribution is -2.34. The molecule has 0 heterocycles. The highest BCUT2D eigenvalue weighted by Gasteiger charge is 2.31. The second-order valence-corrected chi connectivity index (χ2v) is 9.95. The quantitative estimate of drug-likeness (QED) is 0.481. The highest BCUT2D eigenvalue weighted by atomic mass is 32.9. The van der Waals surface area contributed by atoms with E-state index in [1.165, 1.54) is 7.11 Å². The molecule has 1 amide bonds. The molecule has 1 N–H and O–H groups in total. The van der Waals surface area contributed by atoms with Crippen LogP contribution in [0.2, 0.25) is 0 Å². The number of amides is 1. The first-order chi connectivity index (χ1) is 9.42. The monoisotopic (exact) mass is 343 g/mol. The Morgan fingerprint density at radius 2 is 1.80 bits per heavy atom. The predicted molar refractivity (Wildman–Crippen MR) is 84.2 cm³/mol. The Morgan fingerprint density at radius 1 is 1.25 bits per heavy atom. The first-order valence-electron chi connectivity index (χ1n) is 6.34. The van der Waals surface area contributed by atoms with Crippen LogP contribution in [-0.2, 0) is 35.2 Å². The van der Waals surface area contributed by atoms with Gasteiger partial charge in [0, 0.05) is 6.54 Å². The molecule has 0 aromatic heterocycles. The minimum atomic E-state index is -2.64. The molecule has 0 aliphatic heterocycles. The highest BCUT2D eigenvalue weighted by Crippen LogP contribution is 2.63. The van der Waals surface area contributed by atoms with E-state index in [9.17, 15) is 9.59 Å². The zero-order chi connectivity index (χ0) is 15.6. The standard InChI is InChI=1S/C11H22NO5PS2/c1-5-12-11(14)9(8-10(13)15-4)20-18(19,16-6-2)17-7-3/h9H,5-8H2,1-4H3,(H,12,14). The van der Waals surface area contributed by atoms with Gasteiger partial charge in [-0.2, -0.15) is 0 Å². The largest absolute Gasteiger partial charge is 0.469 e. The van der Waals surface area contributed by atoms with Crippen molar-refractivity contribution in [3.05, 3.63) is 0 Å². The van der Waals surface area contributed by atoms with Gasteiger partial charge < -0.3 is 19.1 Å². The average molecular weight is 343 g/mol. The van der Waals surface area contributed by atoms with Crippen LogP contribution in [0.1, 0.15) is 27.2 Å². The summed E-state index contributed by atoms with van der Waals surface area (Å²) in [6.07, 6.45) is -0.0639. The van der Waals surface area contributed by atoms with Crippen molar-refractivity contribution in [1.82, 2.24) is 5.32 Å². The first kappa shape index (κ1) is 19.9. The third kappa shape index (κ3) is 7.59. The molecule has 0 aromatic carbocycles. The van der Waals surface area contributed by atoms with E-state index in [0.717, 1.165) is 11.4 Å². The Hall–Kier alpha value is -0.140. The Balaban J connectivity index is 4.95. The number of carbonyl (C=O) groups excluding carboxylic acids is 2. The van der Waals surface area contributed by atoms with Crippen molar-refractivity contribution < 1.29 is 23.4 Å². The van der Waals surface area contributed by atoms with E-state index in [1.807, 2.05) is 13.8 Å². The molecule has 6 nitrogen and oxygen atoms in total. The maximum atomic E-state index is 12.0. The molecule has 9 heteroatoms. The fourth-order valence-electron chi connectivity index (χ4n) is 1.27. The number of ether oxygens (including phenoxy) is 1. The first-order valence-corrected chi connectivity index (χ1v) is 10.5. The number of rotatable bonds is 10. The van der Waals surface area contributed by atoms with Crippen LogP contribution in [-0.4, -0.2) is 44.0 Å². The third-order valence-electron chi connectivity index (χ3n) is 2.05. The maximum Gasteiger partial charge on any atom is 0.307 e. The number of esters is 1. The molecular weight excluding hydrogens is 321 g/mol. The summed E-state index contributed by atoms with van der Waals surface area (Å²) >= 11 is 6.47. The molecule has 1 unspecified atom stereocenters. The molecule has 0 fully saturated rings. The van der Waals surface area contributed by atoms with E-state index in [4.69, 9.17) is 20.9 Å². The van der Waals surface area contributed by atoms with E-state index >= 15 is 0 Å². The SMILES string of the molecule is CCNC(=O)C(CC(=O)OC)SP(=S)(OCC)OCC. The summed E-state index contributed by atoms with van der Waals surface area (Å²) in [5, 5.41) is 2.00. The van der Waals surface area contributed by atoms with Crippen molar-refractivity contribution in [2.75, 3.05) is 26.9 Å². The van der Waals surface area contributed by atoms with Gasteiger partial charge in [-0.15, -0.1) is 0 Å². The Bertz CT molecular complexity index is 357. The van der Waals surface area contributed by atoms with Crippen molar-refractivity contribution >= 4 is 40.8 Å². The lowest BCUT2D eigenvalue weighted by molar-refractivity contribution is -0.141. The molecule has 0 saturated heterocycles. The summed E-state index contributed by atoms with van der Waals surface area (Å²) in [5.41, 5.74) is -2.64. The van der Waals surface area contributed by atoms with Crippen LogP contribution < -0.4 is 5.32 Å². The number of nitrogens with one attached hydrogen (secondary N) is 1. The molecule has 0 radical (unpaired) electrons.